The predicted molar refractivity (Wildman–Crippen MR) is 90.7 cm³/mol. The maximum Gasteiger partial charge on any atom is 0.285 e. The van der Waals surface area contributed by atoms with E-state index in [0.29, 0.717) is 21.3 Å². The molecule has 0 radical (unpaired) electrons. The SMILES string of the molecule is C=C/C=C\C(=C/C)C1=C2C(=O)N(O)C(c3ccccc3)=C2C(=O)N1O. The second-order valence-corrected chi connectivity index (χ2v) is 5.39. The number of amides is 2. The van der Waals surface area contributed by atoms with Crippen molar-refractivity contribution in [3.05, 3.63) is 89.2 Å². The highest BCUT2D eigenvalue weighted by Gasteiger charge is 2.49. The Labute approximate surface area is 144 Å². The minimum Gasteiger partial charge on any atom is -0.281 e. The summed E-state index contributed by atoms with van der Waals surface area (Å²) in [5, 5.41) is 21.4. The summed E-state index contributed by atoms with van der Waals surface area (Å²) in [6, 6.07) is 8.57. The lowest BCUT2D eigenvalue weighted by molar-refractivity contribution is -0.150. The first-order chi connectivity index (χ1) is 12.0. The number of hydroxylamine groups is 4. The molecule has 0 aliphatic carbocycles. The van der Waals surface area contributed by atoms with Gasteiger partial charge in [-0.15, -0.1) is 0 Å². The number of carbonyl (C=O) groups excluding carboxylic acids is 2. The second kappa shape index (κ2) is 6.35. The van der Waals surface area contributed by atoms with Crippen LogP contribution in [0.1, 0.15) is 12.5 Å². The lowest BCUT2D eigenvalue weighted by atomic mass is 10.0. The summed E-state index contributed by atoms with van der Waals surface area (Å²) in [6.45, 7) is 5.29. The van der Waals surface area contributed by atoms with Crippen LogP contribution in [-0.4, -0.2) is 32.4 Å². The van der Waals surface area contributed by atoms with E-state index in [0.717, 1.165) is 0 Å². The van der Waals surface area contributed by atoms with Gasteiger partial charge in [0.2, 0.25) is 0 Å². The minimum absolute atomic E-state index is 0.0254. The van der Waals surface area contributed by atoms with Gasteiger partial charge in [0, 0.05) is 5.56 Å². The van der Waals surface area contributed by atoms with Crippen LogP contribution in [0.2, 0.25) is 0 Å². The van der Waals surface area contributed by atoms with Crippen LogP contribution in [0.4, 0.5) is 0 Å². The Morgan fingerprint density at radius 2 is 1.68 bits per heavy atom. The third kappa shape index (κ3) is 2.44. The molecule has 0 aromatic heterocycles. The van der Waals surface area contributed by atoms with E-state index in [9.17, 15) is 20.0 Å². The third-order valence-electron chi connectivity index (χ3n) is 4.00. The molecule has 0 spiro atoms. The zero-order chi connectivity index (χ0) is 18.1. The van der Waals surface area contributed by atoms with Gasteiger partial charge in [0.1, 0.15) is 0 Å². The molecule has 6 heteroatoms. The molecule has 1 aromatic rings. The zero-order valence-electron chi connectivity index (χ0n) is 13.5. The third-order valence-corrected chi connectivity index (χ3v) is 4.00. The maximum absolute atomic E-state index is 12.6. The Kier molecular flexibility index (Phi) is 4.22. The molecule has 2 heterocycles. The molecule has 6 nitrogen and oxygen atoms in total. The Morgan fingerprint density at radius 3 is 2.28 bits per heavy atom. The Hall–Kier alpha value is -3.22. The number of fused-ring (bicyclic) bond motifs is 1. The van der Waals surface area contributed by atoms with Crippen LogP contribution >= 0.6 is 0 Å². The van der Waals surface area contributed by atoms with Crippen LogP contribution in [0.5, 0.6) is 0 Å². The van der Waals surface area contributed by atoms with Crippen molar-refractivity contribution in [3.63, 3.8) is 0 Å². The molecule has 126 valence electrons. The van der Waals surface area contributed by atoms with Gasteiger partial charge in [-0.1, -0.05) is 61.2 Å². The average Bonchev–Trinajstić information content (AvgIpc) is 3.03. The van der Waals surface area contributed by atoms with Crippen molar-refractivity contribution >= 4 is 17.5 Å². The van der Waals surface area contributed by atoms with E-state index in [1.54, 1.807) is 55.5 Å². The van der Waals surface area contributed by atoms with Crippen molar-refractivity contribution in [1.29, 1.82) is 0 Å². The fourth-order valence-electron chi connectivity index (χ4n) is 2.89. The van der Waals surface area contributed by atoms with Crippen LogP contribution in [0.15, 0.2) is 83.6 Å². The second-order valence-electron chi connectivity index (χ2n) is 5.39. The Bertz CT molecular complexity index is 891. The van der Waals surface area contributed by atoms with Crippen molar-refractivity contribution in [2.75, 3.05) is 0 Å². The van der Waals surface area contributed by atoms with Gasteiger partial charge in [-0.3, -0.25) is 20.0 Å². The van der Waals surface area contributed by atoms with Crippen LogP contribution in [0, 0.1) is 0 Å². The molecule has 0 bridgehead atoms. The summed E-state index contributed by atoms with van der Waals surface area (Å²) in [5.41, 5.74) is 0.989. The molecule has 0 unspecified atom stereocenters. The topological polar surface area (TPSA) is 81.1 Å². The van der Waals surface area contributed by atoms with Gasteiger partial charge >= 0.3 is 0 Å². The summed E-state index contributed by atoms with van der Waals surface area (Å²) < 4.78 is 0. The van der Waals surface area contributed by atoms with Crippen LogP contribution in [-0.2, 0) is 9.59 Å². The van der Waals surface area contributed by atoms with Gasteiger partial charge in [0.15, 0.2) is 0 Å². The Morgan fingerprint density at radius 1 is 1.04 bits per heavy atom. The van der Waals surface area contributed by atoms with Crippen molar-refractivity contribution in [2.24, 2.45) is 0 Å². The standard InChI is InChI=1S/C19H16N2O4/c1-3-5-9-12(4-2)16-14-15(19(23)20(16)24)17(21(25)18(14)22)13-10-7-6-8-11-13/h3-11,24-25H,1H2,2H3/b9-5-,12-4+. The van der Waals surface area contributed by atoms with Gasteiger partial charge in [0.25, 0.3) is 11.8 Å². The molecular formula is C19H16N2O4. The zero-order valence-corrected chi connectivity index (χ0v) is 13.5. The molecule has 1 aromatic carbocycles. The molecule has 2 aliphatic heterocycles. The van der Waals surface area contributed by atoms with Crippen LogP contribution in [0.3, 0.4) is 0 Å². The van der Waals surface area contributed by atoms with Gasteiger partial charge in [-0.25, -0.2) is 0 Å². The summed E-state index contributed by atoms with van der Waals surface area (Å²) in [4.78, 5) is 25.2. The molecule has 0 fully saturated rings. The largest absolute Gasteiger partial charge is 0.285 e. The molecule has 2 aliphatic rings. The van der Waals surface area contributed by atoms with E-state index in [1.807, 2.05) is 0 Å². The van der Waals surface area contributed by atoms with E-state index in [4.69, 9.17) is 0 Å². The number of hydrogen-bond donors (Lipinski definition) is 2. The number of rotatable bonds is 4. The van der Waals surface area contributed by atoms with E-state index in [2.05, 4.69) is 6.58 Å². The van der Waals surface area contributed by atoms with Crippen molar-refractivity contribution in [1.82, 2.24) is 10.1 Å². The van der Waals surface area contributed by atoms with Gasteiger partial charge in [-0.05, 0) is 12.5 Å². The van der Waals surface area contributed by atoms with Crippen molar-refractivity contribution < 1.29 is 20.0 Å². The molecule has 25 heavy (non-hydrogen) atoms. The minimum atomic E-state index is -0.764. The van der Waals surface area contributed by atoms with Crippen molar-refractivity contribution in [3.8, 4) is 0 Å². The summed E-state index contributed by atoms with van der Waals surface area (Å²) in [5.74, 6) is -1.53. The number of hydrogen-bond acceptors (Lipinski definition) is 4. The molecule has 2 amide bonds. The molecular weight excluding hydrogens is 320 g/mol. The monoisotopic (exact) mass is 336 g/mol. The summed E-state index contributed by atoms with van der Waals surface area (Å²) in [7, 11) is 0. The quantitative estimate of drug-likeness (QED) is 0.654. The highest BCUT2D eigenvalue weighted by atomic mass is 16.5. The van der Waals surface area contributed by atoms with E-state index < -0.39 is 11.8 Å². The summed E-state index contributed by atoms with van der Waals surface area (Å²) >= 11 is 0. The van der Waals surface area contributed by atoms with Crippen LogP contribution in [0.25, 0.3) is 5.70 Å². The van der Waals surface area contributed by atoms with E-state index in [1.165, 1.54) is 6.08 Å². The average molecular weight is 336 g/mol. The number of carbonyl (C=O) groups is 2. The normalized spacial score (nSPS) is 18.1. The van der Waals surface area contributed by atoms with E-state index in [-0.39, 0.29) is 22.5 Å². The van der Waals surface area contributed by atoms with Crippen molar-refractivity contribution in [2.45, 2.75) is 6.92 Å². The first-order valence-electron chi connectivity index (χ1n) is 7.59. The number of nitrogens with zero attached hydrogens (tertiary/aromatic N) is 2. The predicted octanol–water partition coefficient (Wildman–Crippen LogP) is 2.80. The molecule has 0 atom stereocenters. The first-order valence-corrected chi connectivity index (χ1v) is 7.59. The highest BCUT2D eigenvalue weighted by Crippen LogP contribution is 2.43. The molecule has 0 saturated heterocycles. The lowest BCUT2D eigenvalue weighted by Gasteiger charge is -2.17. The fraction of sp³-hybridized carbons (Fsp3) is 0.0526. The highest BCUT2D eigenvalue weighted by molar-refractivity contribution is 6.25. The molecule has 2 N–H and O–H groups in total. The number of allylic oxidation sites excluding steroid dienone is 4. The Balaban J connectivity index is 2.28. The molecule has 0 saturated carbocycles. The van der Waals surface area contributed by atoms with Gasteiger partial charge in [0.05, 0.1) is 22.5 Å². The van der Waals surface area contributed by atoms with Crippen LogP contribution < -0.4 is 0 Å². The van der Waals surface area contributed by atoms with Gasteiger partial charge in [-0.2, -0.15) is 10.1 Å². The smallest absolute Gasteiger partial charge is 0.281 e. The van der Waals surface area contributed by atoms with Gasteiger partial charge < -0.3 is 0 Å². The summed E-state index contributed by atoms with van der Waals surface area (Å²) in [6.07, 6.45) is 6.42. The van der Waals surface area contributed by atoms with E-state index >= 15 is 0 Å². The first kappa shape index (κ1) is 16.6. The lowest BCUT2D eigenvalue weighted by Crippen LogP contribution is -2.27. The fourth-order valence-corrected chi connectivity index (χ4v) is 2.89. The number of benzene rings is 1. The molecule has 3 rings (SSSR count). The maximum atomic E-state index is 12.6.